The Morgan fingerprint density at radius 2 is 2.00 bits per heavy atom. The van der Waals surface area contributed by atoms with Crippen molar-refractivity contribution in [3.05, 3.63) is 71.7 Å². The first-order valence-corrected chi connectivity index (χ1v) is 7.16. The zero-order valence-corrected chi connectivity index (χ0v) is 12.3. The summed E-state index contributed by atoms with van der Waals surface area (Å²) in [7, 11) is 1.86. The van der Waals surface area contributed by atoms with E-state index in [-0.39, 0.29) is 11.6 Å². The molecule has 0 saturated carbocycles. The Labute approximate surface area is 128 Å². The molecular formula is C18H17FN2O. The van der Waals surface area contributed by atoms with E-state index in [1.165, 1.54) is 12.1 Å². The van der Waals surface area contributed by atoms with E-state index in [9.17, 15) is 9.18 Å². The van der Waals surface area contributed by atoms with Crippen molar-refractivity contribution in [2.75, 3.05) is 13.6 Å². The van der Waals surface area contributed by atoms with Gasteiger partial charge >= 0.3 is 0 Å². The fourth-order valence-corrected chi connectivity index (χ4v) is 2.64. The number of hydrogen-bond acceptors (Lipinski definition) is 2. The van der Waals surface area contributed by atoms with Gasteiger partial charge in [-0.1, -0.05) is 30.3 Å². The van der Waals surface area contributed by atoms with Gasteiger partial charge < -0.3 is 4.98 Å². The van der Waals surface area contributed by atoms with E-state index >= 15 is 0 Å². The van der Waals surface area contributed by atoms with Crippen molar-refractivity contribution in [2.45, 2.75) is 6.54 Å². The molecule has 3 nitrogen and oxygen atoms in total. The molecule has 1 heterocycles. The van der Waals surface area contributed by atoms with E-state index in [0.717, 1.165) is 16.5 Å². The van der Waals surface area contributed by atoms with E-state index in [4.69, 9.17) is 0 Å². The van der Waals surface area contributed by atoms with Crippen LogP contribution in [0.25, 0.3) is 10.9 Å². The number of carbonyl (C=O) groups is 1. The number of benzene rings is 2. The molecular weight excluding hydrogens is 279 g/mol. The number of hydrogen-bond donors (Lipinski definition) is 1. The fraction of sp³-hybridized carbons (Fsp3) is 0.167. The Morgan fingerprint density at radius 3 is 2.82 bits per heavy atom. The van der Waals surface area contributed by atoms with Gasteiger partial charge in [0.2, 0.25) is 0 Å². The topological polar surface area (TPSA) is 36.1 Å². The molecule has 0 radical (unpaired) electrons. The normalized spacial score (nSPS) is 11.2. The number of para-hydroxylation sites is 1. The van der Waals surface area contributed by atoms with Crippen LogP contribution >= 0.6 is 0 Å². The van der Waals surface area contributed by atoms with Crippen LogP contribution in [0.2, 0.25) is 0 Å². The minimum absolute atomic E-state index is 0.0522. The van der Waals surface area contributed by atoms with Crippen LogP contribution in [-0.2, 0) is 6.54 Å². The van der Waals surface area contributed by atoms with E-state index in [2.05, 4.69) is 4.98 Å². The summed E-state index contributed by atoms with van der Waals surface area (Å²) in [6.45, 7) is 0.824. The third kappa shape index (κ3) is 3.07. The SMILES string of the molecule is CN(CC(=O)c1c[nH]c2ccccc12)Cc1cccc(F)c1. The van der Waals surface area contributed by atoms with Crippen molar-refractivity contribution in [1.82, 2.24) is 9.88 Å². The predicted molar refractivity (Wildman–Crippen MR) is 85.4 cm³/mol. The second-order valence-corrected chi connectivity index (χ2v) is 5.47. The lowest BCUT2D eigenvalue weighted by Gasteiger charge is -2.15. The molecule has 3 rings (SSSR count). The lowest BCUT2D eigenvalue weighted by molar-refractivity contribution is 0.0944. The molecule has 1 aromatic heterocycles. The Hall–Kier alpha value is -2.46. The Bertz CT molecular complexity index is 809. The lowest BCUT2D eigenvalue weighted by Crippen LogP contribution is -2.25. The molecule has 0 aliphatic carbocycles. The van der Waals surface area contributed by atoms with E-state index in [1.807, 2.05) is 42.3 Å². The summed E-state index contributed by atoms with van der Waals surface area (Å²) in [5.74, 6) is -0.204. The number of H-pyrrole nitrogens is 1. The number of fused-ring (bicyclic) bond motifs is 1. The maximum absolute atomic E-state index is 13.2. The van der Waals surface area contributed by atoms with Crippen LogP contribution in [0.3, 0.4) is 0 Å². The highest BCUT2D eigenvalue weighted by atomic mass is 19.1. The molecule has 3 aromatic rings. The van der Waals surface area contributed by atoms with Crippen molar-refractivity contribution in [2.24, 2.45) is 0 Å². The highest BCUT2D eigenvalue weighted by Gasteiger charge is 2.14. The van der Waals surface area contributed by atoms with Crippen molar-refractivity contribution in [3.63, 3.8) is 0 Å². The van der Waals surface area contributed by atoms with Gasteiger partial charge in [-0.3, -0.25) is 9.69 Å². The van der Waals surface area contributed by atoms with Crippen LogP contribution in [0.15, 0.2) is 54.7 Å². The van der Waals surface area contributed by atoms with Gasteiger partial charge in [0.1, 0.15) is 5.82 Å². The number of aromatic nitrogens is 1. The molecule has 0 bridgehead atoms. The number of aromatic amines is 1. The standard InChI is InChI=1S/C18H17FN2O/c1-21(11-13-5-4-6-14(19)9-13)12-18(22)16-10-20-17-8-3-2-7-15(16)17/h2-10,20H,11-12H2,1H3. The fourth-order valence-electron chi connectivity index (χ4n) is 2.64. The summed E-state index contributed by atoms with van der Waals surface area (Å²) in [5, 5.41) is 0.937. The summed E-state index contributed by atoms with van der Waals surface area (Å²) in [6, 6.07) is 14.2. The second kappa shape index (κ2) is 6.12. The van der Waals surface area contributed by atoms with Crippen molar-refractivity contribution < 1.29 is 9.18 Å². The first kappa shape index (κ1) is 14.5. The third-order valence-electron chi connectivity index (χ3n) is 3.64. The van der Waals surface area contributed by atoms with Crippen LogP contribution in [0.1, 0.15) is 15.9 Å². The lowest BCUT2D eigenvalue weighted by atomic mass is 10.1. The monoisotopic (exact) mass is 296 g/mol. The van der Waals surface area contributed by atoms with Crippen LogP contribution in [-0.4, -0.2) is 29.3 Å². The number of nitrogens with one attached hydrogen (secondary N) is 1. The first-order chi connectivity index (χ1) is 10.6. The highest BCUT2D eigenvalue weighted by molar-refractivity contribution is 6.08. The molecule has 0 amide bonds. The number of nitrogens with zero attached hydrogens (tertiary/aromatic N) is 1. The number of halogens is 1. The van der Waals surface area contributed by atoms with Crippen LogP contribution in [0.4, 0.5) is 4.39 Å². The Kier molecular flexibility index (Phi) is 4.02. The van der Waals surface area contributed by atoms with Crippen LogP contribution in [0.5, 0.6) is 0 Å². The van der Waals surface area contributed by atoms with Gasteiger partial charge in [-0.05, 0) is 30.8 Å². The first-order valence-electron chi connectivity index (χ1n) is 7.16. The number of carbonyl (C=O) groups excluding carboxylic acids is 1. The van der Waals surface area contributed by atoms with Gasteiger partial charge in [-0.2, -0.15) is 0 Å². The van der Waals surface area contributed by atoms with Crippen LogP contribution in [0, 0.1) is 5.82 Å². The molecule has 0 aliphatic heterocycles. The van der Waals surface area contributed by atoms with Gasteiger partial charge in [0, 0.05) is 29.2 Å². The molecule has 1 N–H and O–H groups in total. The molecule has 22 heavy (non-hydrogen) atoms. The highest BCUT2D eigenvalue weighted by Crippen LogP contribution is 2.18. The quantitative estimate of drug-likeness (QED) is 0.730. The van der Waals surface area contributed by atoms with Gasteiger partial charge in [0.05, 0.1) is 6.54 Å². The van der Waals surface area contributed by atoms with Gasteiger partial charge in [-0.15, -0.1) is 0 Å². The predicted octanol–water partition coefficient (Wildman–Crippen LogP) is 3.62. The molecule has 0 atom stereocenters. The summed E-state index contributed by atoms with van der Waals surface area (Å²) in [6.07, 6.45) is 1.75. The summed E-state index contributed by atoms with van der Waals surface area (Å²) in [4.78, 5) is 17.4. The van der Waals surface area contributed by atoms with E-state index in [0.29, 0.717) is 18.7 Å². The molecule has 0 unspecified atom stereocenters. The minimum Gasteiger partial charge on any atom is -0.360 e. The molecule has 4 heteroatoms. The third-order valence-corrected chi connectivity index (χ3v) is 3.64. The van der Waals surface area contributed by atoms with Crippen molar-refractivity contribution in [1.29, 1.82) is 0 Å². The van der Waals surface area contributed by atoms with Gasteiger partial charge in [0.25, 0.3) is 0 Å². The minimum atomic E-state index is -0.256. The number of Topliss-reactive ketones (excluding diaryl/α,β-unsaturated/α-hetero) is 1. The van der Waals surface area contributed by atoms with E-state index in [1.54, 1.807) is 12.3 Å². The molecule has 0 saturated heterocycles. The maximum Gasteiger partial charge on any atom is 0.178 e. The average molecular weight is 296 g/mol. The summed E-state index contributed by atoms with van der Waals surface area (Å²) < 4.78 is 13.2. The number of likely N-dealkylation sites (N-methyl/N-ethyl adjacent to an activating group) is 1. The molecule has 0 aliphatic rings. The zero-order chi connectivity index (χ0) is 15.5. The van der Waals surface area contributed by atoms with Gasteiger partial charge in [0.15, 0.2) is 5.78 Å². The van der Waals surface area contributed by atoms with E-state index < -0.39 is 0 Å². The van der Waals surface area contributed by atoms with Crippen molar-refractivity contribution >= 4 is 16.7 Å². The second-order valence-electron chi connectivity index (χ2n) is 5.47. The van der Waals surface area contributed by atoms with Gasteiger partial charge in [-0.25, -0.2) is 4.39 Å². The molecule has 112 valence electrons. The number of ketones is 1. The average Bonchev–Trinajstić information content (AvgIpc) is 2.91. The smallest absolute Gasteiger partial charge is 0.178 e. The Balaban J connectivity index is 1.71. The largest absolute Gasteiger partial charge is 0.360 e. The zero-order valence-electron chi connectivity index (χ0n) is 12.3. The molecule has 0 spiro atoms. The summed E-state index contributed by atoms with van der Waals surface area (Å²) in [5.41, 5.74) is 2.51. The van der Waals surface area contributed by atoms with Crippen molar-refractivity contribution in [3.8, 4) is 0 Å². The summed E-state index contributed by atoms with van der Waals surface area (Å²) >= 11 is 0. The molecule has 2 aromatic carbocycles. The van der Waals surface area contributed by atoms with Crippen LogP contribution < -0.4 is 0 Å². The number of rotatable bonds is 5. The maximum atomic E-state index is 13.2. The Morgan fingerprint density at radius 1 is 1.18 bits per heavy atom. The molecule has 0 fully saturated rings.